The van der Waals surface area contributed by atoms with Crippen molar-refractivity contribution in [2.24, 2.45) is 19.1 Å². The highest BCUT2D eigenvalue weighted by molar-refractivity contribution is 5.67. The molecule has 0 aliphatic heterocycles. The van der Waals surface area contributed by atoms with E-state index in [1.54, 1.807) is 13.1 Å². The molecular weight excluding hydrogens is 316 g/mol. The normalized spacial score (nSPS) is 11.4. The van der Waals surface area contributed by atoms with Gasteiger partial charge in [0.2, 0.25) is 0 Å². The zero-order valence-electron chi connectivity index (χ0n) is 13.9. The van der Waals surface area contributed by atoms with Crippen molar-refractivity contribution in [3.05, 3.63) is 32.6 Å². The molecule has 0 fully saturated rings. The summed E-state index contributed by atoms with van der Waals surface area (Å²) in [5.41, 5.74) is 2.55. The molecule has 2 aromatic rings. The van der Waals surface area contributed by atoms with Crippen LogP contribution in [0.3, 0.4) is 0 Å². The number of aryl methyl sites for hydroxylation is 1. The van der Waals surface area contributed by atoms with E-state index in [2.05, 4.69) is 25.9 Å². The van der Waals surface area contributed by atoms with E-state index in [1.165, 1.54) is 24.9 Å². The summed E-state index contributed by atoms with van der Waals surface area (Å²) >= 11 is 0. The Morgan fingerprint density at radius 1 is 1.42 bits per heavy atom. The molecular formula is C13H20N8O3. The number of anilines is 2. The number of aromatic nitrogens is 4. The van der Waals surface area contributed by atoms with Crippen molar-refractivity contribution in [3.8, 4) is 0 Å². The summed E-state index contributed by atoms with van der Waals surface area (Å²) < 4.78 is 2.21. The summed E-state index contributed by atoms with van der Waals surface area (Å²) in [6.07, 6.45) is 3.07. The standard InChI is InChI=1S/C13H20N8O3/c1-5-14-11-9(12(22)20(4)13(23)19(11)3)15-7-21(24)18-10-8(2)6-16-17-10/h5-6,15,24H,7H2,1-4H3,(H2,16,17,18). The Labute approximate surface area is 137 Å². The third kappa shape index (κ3) is 3.36. The van der Waals surface area contributed by atoms with Crippen LogP contribution in [0.5, 0.6) is 0 Å². The fraction of sp³-hybridized carbons (Fsp3) is 0.385. The summed E-state index contributed by atoms with van der Waals surface area (Å²) in [6.45, 7) is 3.34. The molecule has 0 amide bonds. The SMILES string of the molecule is CC=Nc1c(NCN(O)Nc2[nH]ncc2C)c(=O)n(C)c(=O)n1C. The van der Waals surface area contributed by atoms with Crippen molar-refractivity contribution in [2.45, 2.75) is 13.8 Å². The lowest BCUT2D eigenvalue weighted by Crippen LogP contribution is -2.40. The molecule has 0 saturated carbocycles. The van der Waals surface area contributed by atoms with Gasteiger partial charge in [-0.05, 0) is 13.8 Å². The van der Waals surface area contributed by atoms with Crippen molar-refractivity contribution in [2.75, 3.05) is 17.4 Å². The predicted molar refractivity (Wildman–Crippen MR) is 89.8 cm³/mol. The smallest absolute Gasteiger partial charge is 0.332 e. The van der Waals surface area contributed by atoms with E-state index in [1.807, 2.05) is 6.92 Å². The quantitative estimate of drug-likeness (QED) is 0.329. The lowest BCUT2D eigenvalue weighted by molar-refractivity contribution is -0.0591. The van der Waals surface area contributed by atoms with E-state index >= 15 is 0 Å². The average Bonchev–Trinajstić information content (AvgIpc) is 2.95. The van der Waals surface area contributed by atoms with Gasteiger partial charge in [-0.3, -0.25) is 29.7 Å². The Bertz CT molecular complexity index is 863. The van der Waals surface area contributed by atoms with E-state index < -0.39 is 11.2 Å². The lowest BCUT2D eigenvalue weighted by Gasteiger charge is -2.19. The Balaban J connectivity index is 2.24. The molecule has 0 unspecified atom stereocenters. The van der Waals surface area contributed by atoms with Crippen LogP contribution < -0.4 is 22.0 Å². The van der Waals surface area contributed by atoms with E-state index in [0.29, 0.717) is 5.82 Å². The van der Waals surface area contributed by atoms with Gasteiger partial charge in [0.1, 0.15) is 18.2 Å². The minimum atomic E-state index is -0.537. The molecule has 0 aliphatic rings. The average molecular weight is 336 g/mol. The molecule has 0 aliphatic carbocycles. The summed E-state index contributed by atoms with van der Waals surface area (Å²) in [5.74, 6) is 0.691. The van der Waals surface area contributed by atoms with Crippen LogP contribution in [0.1, 0.15) is 12.5 Å². The van der Waals surface area contributed by atoms with Crippen LogP contribution in [0.4, 0.5) is 17.3 Å². The minimum absolute atomic E-state index is 0.0971. The van der Waals surface area contributed by atoms with Gasteiger partial charge in [0.05, 0.1) is 6.20 Å². The molecule has 2 aromatic heterocycles. The van der Waals surface area contributed by atoms with Gasteiger partial charge >= 0.3 is 5.69 Å². The number of hydroxylamine groups is 1. The van der Waals surface area contributed by atoms with Gasteiger partial charge in [-0.1, -0.05) is 5.17 Å². The maximum atomic E-state index is 12.3. The third-order valence-corrected chi connectivity index (χ3v) is 3.36. The van der Waals surface area contributed by atoms with E-state index in [9.17, 15) is 14.8 Å². The number of aromatic amines is 1. The van der Waals surface area contributed by atoms with Crippen molar-refractivity contribution in [3.63, 3.8) is 0 Å². The molecule has 0 spiro atoms. The maximum absolute atomic E-state index is 12.3. The molecule has 24 heavy (non-hydrogen) atoms. The fourth-order valence-corrected chi connectivity index (χ4v) is 2.04. The van der Waals surface area contributed by atoms with Gasteiger partial charge in [-0.25, -0.2) is 9.79 Å². The highest BCUT2D eigenvalue weighted by Gasteiger charge is 2.15. The molecule has 11 heteroatoms. The van der Waals surface area contributed by atoms with Crippen molar-refractivity contribution in [1.82, 2.24) is 24.5 Å². The summed E-state index contributed by atoms with van der Waals surface area (Å²) in [7, 11) is 2.89. The van der Waals surface area contributed by atoms with Crippen LogP contribution in [0, 0.1) is 6.92 Å². The van der Waals surface area contributed by atoms with Crippen molar-refractivity contribution < 1.29 is 5.21 Å². The highest BCUT2D eigenvalue weighted by Crippen LogP contribution is 2.17. The Hall–Kier alpha value is -2.92. The predicted octanol–water partition coefficient (Wildman–Crippen LogP) is -0.0746. The number of rotatable bonds is 6. The lowest BCUT2D eigenvalue weighted by atomic mass is 10.4. The molecule has 0 aromatic carbocycles. The monoisotopic (exact) mass is 336 g/mol. The number of hydrogen-bond donors (Lipinski definition) is 4. The summed E-state index contributed by atoms with van der Waals surface area (Å²) in [4.78, 5) is 28.3. The molecule has 2 heterocycles. The van der Waals surface area contributed by atoms with Gasteiger partial charge in [0.25, 0.3) is 5.56 Å². The fourth-order valence-electron chi connectivity index (χ4n) is 2.04. The van der Waals surface area contributed by atoms with Crippen molar-refractivity contribution >= 4 is 23.5 Å². The largest absolute Gasteiger partial charge is 0.361 e. The second kappa shape index (κ2) is 7.10. The van der Waals surface area contributed by atoms with Crippen LogP contribution in [0.25, 0.3) is 0 Å². The van der Waals surface area contributed by atoms with E-state index in [4.69, 9.17) is 0 Å². The number of hydrogen-bond acceptors (Lipinski definition) is 8. The van der Waals surface area contributed by atoms with Crippen LogP contribution in [0.15, 0.2) is 20.8 Å². The number of nitrogens with one attached hydrogen (secondary N) is 3. The second-order valence-electron chi connectivity index (χ2n) is 5.07. The van der Waals surface area contributed by atoms with Gasteiger partial charge in [-0.15, -0.1) is 0 Å². The zero-order valence-corrected chi connectivity index (χ0v) is 13.9. The van der Waals surface area contributed by atoms with Gasteiger partial charge in [-0.2, -0.15) is 5.10 Å². The molecule has 2 rings (SSSR count). The summed E-state index contributed by atoms with van der Waals surface area (Å²) in [5, 5.41) is 19.9. The first-order chi connectivity index (χ1) is 11.4. The maximum Gasteiger partial charge on any atom is 0.332 e. The minimum Gasteiger partial charge on any atom is -0.361 e. The molecule has 0 bridgehead atoms. The first-order valence-corrected chi connectivity index (χ1v) is 7.12. The Morgan fingerprint density at radius 3 is 2.71 bits per heavy atom. The van der Waals surface area contributed by atoms with Gasteiger partial charge < -0.3 is 5.32 Å². The molecule has 4 N–H and O–H groups in total. The Morgan fingerprint density at radius 2 is 2.12 bits per heavy atom. The first kappa shape index (κ1) is 17.4. The van der Waals surface area contributed by atoms with Crippen LogP contribution in [-0.4, -0.2) is 42.6 Å². The number of nitrogens with zero attached hydrogens (tertiary/aromatic N) is 5. The molecule has 130 valence electrons. The van der Waals surface area contributed by atoms with Crippen molar-refractivity contribution in [1.29, 1.82) is 0 Å². The molecule has 0 atom stereocenters. The highest BCUT2D eigenvalue weighted by atomic mass is 16.5. The third-order valence-electron chi connectivity index (χ3n) is 3.36. The van der Waals surface area contributed by atoms with Crippen LogP contribution in [0.2, 0.25) is 0 Å². The number of aliphatic imine (C=N–C) groups is 1. The molecule has 0 saturated heterocycles. The van der Waals surface area contributed by atoms with E-state index in [0.717, 1.165) is 15.3 Å². The number of H-pyrrole nitrogens is 1. The first-order valence-electron chi connectivity index (χ1n) is 7.12. The van der Waals surface area contributed by atoms with Crippen LogP contribution in [-0.2, 0) is 14.1 Å². The van der Waals surface area contributed by atoms with E-state index in [-0.39, 0.29) is 18.2 Å². The summed E-state index contributed by atoms with van der Waals surface area (Å²) in [6, 6.07) is 0. The molecule has 0 radical (unpaired) electrons. The van der Waals surface area contributed by atoms with Gasteiger partial charge in [0, 0.05) is 25.9 Å². The zero-order chi connectivity index (χ0) is 17.9. The topological polar surface area (TPSA) is 133 Å². The van der Waals surface area contributed by atoms with Gasteiger partial charge in [0.15, 0.2) is 5.82 Å². The second-order valence-corrected chi connectivity index (χ2v) is 5.07. The number of hydrazine groups is 1. The molecule has 11 nitrogen and oxygen atoms in total. The Kier molecular flexibility index (Phi) is 5.16. The van der Waals surface area contributed by atoms with Crippen LogP contribution >= 0.6 is 0 Å².